The third kappa shape index (κ3) is 7.16. The van der Waals surface area contributed by atoms with Crippen molar-refractivity contribution in [2.75, 3.05) is 16.8 Å². The number of urea groups is 1. The van der Waals surface area contributed by atoms with Crippen LogP contribution in [0.25, 0.3) is 10.8 Å². The van der Waals surface area contributed by atoms with E-state index in [4.69, 9.17) is 0 Å². The Bertz CT molecular complexity index is 1640. The molecule has 2 amide bonds. The minimum atomic E-state index is -0.807. The van der Waals surface area contributed by atoms with Crippen LogP contribution < -0.4 is 10.2 Å². The van der Waals surface area contributed by atoms with Gasteiger partial charge < -0.3 is 10.4 Å². The second kappa shape index (κ2) is 13.2. The van der Waals surface area contributed by atoms with Gasteiger partial charge in [-0.1, -0.05) is 97.5 Å². The molecule has 0 radical (unpaired) electrons. The molecule has 6 heteroatoms. The summed E-state index contributed by atoms with van der Waals surface area (Å²) in [6.45, 7) is 2.40. The van der Waals surface area contributed by atoms with E-state index in [0.29, 0.717) is 19.4 Å². The number of anilines is 2. The van der Waals surface area contributed by atoms with Crippen molar-refractivity contribution in [2.45, 2.75) is 35.5 Å². The van der Waals surface area contributed by atoms with Crippen LogP contribution in [0, 0.1) is 0 Å². The number of carboxylic acids is 1. The van der Waals surface area contributed by atoms with Gasteiger partial charge in [0.25, 0.3) is 0 Å². The number of benzene rings is 5. The molecule has 0 bridgehead atoms. The van der Waals surface area contributed by atoms with E-state index in [9.17, 15) is 14.7 Å². The van der Waals surface area contributed by atoms with Crippen LogP contribution in [0.5, 0.6) is 0 Å². The van der Waals surface area contributed by atoms with Gasteiger partial charge in [-0.25, -0.2) is 4.79 Å². The van der Waals surface area contributed by atoms with Gasteiger partial charge in [0.1, 0.15) is 0 Å². The van der Waals surface area contributed by atoms with E-state index in [0.717, 1.165) is 43.1 Å². The van der Waals surface area contributed by atoms with E-state index >= 15 is 0 Å². The summed E-state index contributed by atoms with van der Waals surface area (Å²) < 4.78 is 0. The SMILES string of the molecule is CCC(C(=O)O)c1ccc(Sc2cccc(N(CCc3ccccc3)C(=O)Nc3ccc4ccccc4c3)c2)cc1. The highest BCUT2D eigenvalue weighted by atomic mass is 32.2. The maximum atomic E-state index is 13.7. The first-order valence-electron chi connectivity index (χ1n) is 13.7. The zero-order valence-corrected chi connectivity index (χ0v) is 23.7. The van der Waals surface area contributed by atoms with Crippen molar-refractivity contribution in [1.29, 1.82) is 0 Å². The second-order valence-electron chi connectivity index (χ2n) is 9.85. The van der Waals surface area contributed by atoms with Gasteiger partial charge in [-0.2, -0.15) is 0 Å². The van der Waals surface area contributed by atoms with E-state index in [1.165, 1.54) is 0 Å². The highest BCUT2D eigenvalue weighted by Crippen LogP contribution is 2.32. The fourth-order valence-electron chi connectivity index (χ4n) is 4.86. The molecule has 0 saturated heterocycles. The normalized spacial score (nSPS) is 11.6. The smallest absolute Gasteiger partial charge is 0.326 e. The first-order valence-corrected chi connectivity index (χ1v) is 14.5. The number of carbonyl (C=O) groups excluding carboxylic acids is 1. The van der Waals surface area contributed by atoms with E-state index < -0.39 is 11.9 Å². The van der Waals surface area contributed by atoms with Gasteiger partial charge in [-0.3, -0.25) is 9.69 Å². The van der Waals surface area contributed by atoms with E-state index in [2.05, 4.69) is 23.5 Å². The number of aliphatic carboxylic acids is 1. The lowest BCUT2D eigenvalue weighted by atomic mass is 9.97. The Labute approximate surface area is 244 Å². The van der Waals surface area contributed by atoms with Crippen molar-refractivity contribution in [3.8, 4) is 0 Å². The molecule has 0 spiro atoms. The summed E-state index contributed by atoms with van der Waals surface area (Å²) in [5.74, 6) is -1.31. The van der Waals surface area contributed by atoms with Gasteiger partial charge in [0.15, 0.2) is 0 Å². The Morgan fingerprint density at radius 1 is 0.780 bits per heavy atom. The van der Waals surface area contributed by atoms with Crippen LogP contribution in [-0.2, 0) is 11.2 Å². The fraction of sp³-hybridized carbons (Fsp3) is 0.143. The number of carboxylic acid groups (broad SMARTS) is 1. The topological polar surface area (TPSA) is 69.6 Å². The molecule has 5 rings (SSSR count). The van der Waals surface area contributed by atoms with Crippen molar-refractivity contribution < 1.29 is 14.7 Å². The molecule has 0 aliphatic heterocycles. The lowest BCUT2D eigenvalue weighted by Crippen LogP contribution is -2.36. The molecule has 5 aromatic rings. The van der Waals surface area contributed by atoms with E-state index in [-0.39, 0.29) is 6.03 Å². The second-order valence-corrected chi connectivity index (χ2v) is 11.0. The van der Waals surface area contributed by atoms with Crippen molar-refractivity contribution in [2.24, 2.45) is 0 Å². The third-order valence-electron chi connectivity index (χ3n) is 7.07. The summed E-state index contributed by atoms with van der Waals surface area (Å²) >= 11 is 1.58. The number of fused-ring (bicyclic) bond motifs is 1. The van der Waals surface area contributed by atoms with Gasteiger partial charge >= 0.3 is 12.0 Å². The number of hydrogen-bond donors (Lipinski definition) is 2. The van der Waals surface area contributed by atoms with Crippen molar-refractivity contribution in [3.63, 3.8) is 0 Å². The van der Waals surface area contributed by atoms with Gasteiger partial charge in [0.2, 0.25) is 0 Å². The summed E-state index contributed by atoms with van der Waals surface area (Å²) in [6.07, 6.45) is 1.26. The molecule has 2 N–H and O–H groups in total. The minimum absolute atomic E-state index is 0.193. The molecule has 41 heavy (non-hydrogen) atoms. The number of amides is 2. The molecule has 1 atom stereocenters. The highest BCUT2D eigenvalue weighted by Gasteiger charge is 2.19. The van der Waals surface area contributed by atoms with Gasteiger partial charge in [0.05, 0.1) is 5.92 Å². The van der Waals surface area contributed by atoms with Crippen molar-refractivity contribution in [1.82, 2.24) is 0 Å². The van der Waals surface area contributed by atoms with Crippen LogP contribution in [-0.4, -0.2) is 23.7 Å². The predicted octanol–water partition coefficient (Wildman–Crippen LogP) is 8.85. The van der Waals surface area contributed by atoms with E-state index in [1.54, 1.807) is 16.7 Å². The average Bonchev–Trinajstić information content (AvgIpc) is 2.99. The van der Waals surface area contributed by atoms with Crippen LogP contribution >= 0.6 is 11.8 Å². The fourth-order valence-corrected chi connectivity index (χ4v) is 5.73. The van der Waals surface area contributed by atoms with Gasteiger partial charge in [0, 0.05) is 27.7 Å². The molecular formula is C35H32N2O3S. The summed E-state index contributed by atoms with van der Waals surface area (Å²) in [5.41, 5.74) is 3.51. The van der Waals surface area contributed by atoms with Crippen LogP contribution in [0.15, 0.2) is 131 Å². The van der Waals surface area contributed by atoms with Crippen LogP contribution in [0.2, 0.25) is 0 Å². The molecule has 206 valence electrons. The Kier molecular flexibility index (Phi) is 9.02. The minimum Gasteiger partial charge on any atom is -0.481 e. The van der Waals surface area contributed by atoms with Gasteiger partial charge in [-0.05, 0) is 77.2 Å². The molecule has 0 aliphatic carbocycles. The summed E-state index contributed by atoms with van der Waals surface area (Å²) in [7, 11) is 0. The molecule has 0 fully saturated rings. The Morgan fingerprint density at radius 2 is 1.51 bits per heavy atom. The summed E-state index contributed by atoms with van der Waals surface area (Å²) in [5, 5.41) is 14.8. The van der Waals surface area contributed by atoms with Crippen molar-refractivity contribution in [3.05, 3.63) is 132 Å². The monoisotopic (exact) mass is 560 g/mol. The van der Waals surface area contributed by atoms with Gasteiger partial charge in [-0.15, -0.1) is 0 Å². The number of nitrogens with zero attached hydrogens (tertiary/aromatic N) is 1. The van der Waals surface area contributed by atoms with E-state index in [1.807, 2.05) is 110 Å². The zero-order valence-electron chi connectivity index (χ0n) is 22.9. The predicted molar refractivity (Wildman–Crippen MR) is 168 cm³/mol. The maximum Gasteiger partial charge on any atom is 0.326 e. The lowest BCUT2D eigenvalue weighted by Gasteiger charge is -2.24. The Morgan fingerprint density at radius 3 is 2.24 bits per heavy atom. The lowest BCUT2D eigenvalue weighted by molar-refractivity contribution is -0.138. The molecular weight excluding hydrogens is 528 g/mol. The number of nitrogens with one attached hydrogen (secondary N) is 1. The van der Waals surface area contributed by atoms with Crippen LogP contribution in [0.1, 0.15) is 30.4 Å². The third-order valence-corrected chi connectivity index (χ3v) is 8.06. The molecule has 0 saturated carbocycles. The van der Waals surface area contributed by atoms with Crippen molar-refractivity contribution >= 4 is 45.9 Å². The highest BCUT2D eigenvalue weighted by molar-refractivity contribution is 7.99. The van der Waals surface area contributed by atoms with Crippen LogP contribution in [0.3, 0.4) is 0 Å². The Balaban J connectivity index is 1.37. The number of hydrogen-bond acceptors (Lipinski definition) is 3. The first-order chi connectivity index (χ1) is 20.0. The summed E-state index contributed by atoms with van der Waals surface area (Å²) in [6, 6.07) is 39.6. The number of carbonyl (C=O) groups is 2. The molecule has 5 aromatic carbocycles. The first kappa shape index (κ1) is 28.0. The average molecular weight is 561 g/mol. The molecule has 0 heterocycles. The Hall–Kier alpha value is -4.55. The molecule has 1 unspecified atom stereocenters. The standard InChI is InChI=1S/C35H32N2O3S/c1-2-33(34(38)39)27-16-19-31(20-17-27)41-32-14-8-13-30(24-32)37(22-21-25-9-4-3-5-10-25)35(40)36-29-18-15-26-11-6-7-12-28(26)23-29/h3-20,23-24,33H,2,21-22H2,1H3,(H,36,40)(H,38,39). The quantitative estimate of drug-likeness (QED) is 0.179. The zero-order chi connectivity index (χ0) is 28.6. The molecule has 0 aliphatic rings. The largest absolute Gasteiger partial charge is 0.481 e. The summed E-state index contributed by atoms with van der Waals surface area (Å²) in [4.78, 5) is 29.0. The number of rotatable bonds is 10. The molecule has 5 nitrogen and oxygen atoms in total. The van der Waals surface area contributed by atoms with Crippen LogP contribution in [0.4, 0.5) is 16.2 Å². The maximum absolute atomic E-state index is 13.7. The molecule has 0 aromatic heterocycles.